The molecule has 0 N–H and O–H groups in total. The van der Waals surface area contributed by atoms with Crippen LogP contribution >= 0.6 is 11.8 Å². The zero-order valence-corrected chi connectivity index (χ0v) is 14.3. The summed E-state index contributed by atoms with van der Waals surface area (Å²) in [6, 6.07) is 20.3. The predicted octanol–water partition coefficient (Wildman–Crippen LogP) is 4.49. The maximum absolute atomic E-state index is 13.1. The second-order valence-electron chi connectivity index (χ2n) is 6.43. The molecule has 122 valence electrons. The summed E-state index contributed by atoms with van der Waals surface area (Å²) in [6.07, 6.45) is 3.96. The van der Waals surface area contributed by atoms with Crippen molar-refractivity contribution in [2.75, 3.05) is 0 Å². The van der Waals surface area contributed by atoms with Gasteiger partial charge >= 0.3 is 0 Å². The SMILES string of the molecule is O=C1N(Cc2ccccc2)C(Sc2ccccc2)=NC12CCCC2. The van der Waals surface area contributed by atoms with Gasteiger partial charge < -0.3 is 0 Å². The van der Waals surface area contributed by atoms with Crippen molar-refractivity contribution in [3.63, 3.8) is 0 Å². The lowest BCUT2D eigenvalue weighted by atomic mass is 9.98. The van der Waals surface area contributed by atoms with E-state index in [1.165, 1.54) is 0 Å². The minimum atomic E-state index is -0.494. The third kappa shape index (κ3) is 2.86. The van der Waals surface area contributed by atoms with Gasteiger partial charge in [-0.1, -0.05) is 73.1 Å². The van der Waals surface area contributed by atoms with Gasteiger partial charge in [-0.25, -0.2) is 4.99 Å². The van der Waals surface area contributed by atoms with E-state index in [1.807, 2.05) is 41.3 Å². The number of rotatable bonds is 3. The van der Waals surface area contributed by atoms with Crippen molar-refractivity contribution in [3.05, 3.63) is 66.2 Å². The summed E-state index contributed by atoms with van der Waals surface area (Å²) in [6.45, 7) is 0.597. The highest BCUT2D eigenvalue weighted by atomic mass is 32.2. The minimum absolute atomic E-state index is 0.183. The summed E-state index contributed by atoms with van der Waals surface area (Å²) < 4.78 is 0. The molecule has 1 amide bonds. The van der Waals surface area contributed by atoms with E-state index in [0.717, 1.165) is 41.3 Å². The first kappa shape index (κ1) is 15.5. The summed E-state index contributed by atoms with van der Waals surface area (Å²) in [5.41, 5.74) is 0.647. The van der Waals surface area contributed by atoms with Crippen molar-refractivity contribution in [3.8, 4) is 0 Å². The first-order chi connectivity index (χ1) is 11.8. The maximum atomic E-state index is 13.1. The molecule has 0 aromatic heterocycles. The molecule has 24 heavy (non-hydrogen) atoms. The highest BCUT2D eigenvalue weighted by Crippen LogP contribution is 2.42. The first-order valence-corrected chi connectivity index (χ1v) is 9.27. The number of carbonyl (C=O) groups is 1. The van der Waals surface area contributed by atoms with E-state index < -0.39 is 5.54 Å². The molecule has 1 fully saturated rings. The molecule has 2 aromatic carbocycles. The topological polar surface area (TPSA) is 32.7 Å². The van der Waals surface area contributed by atoms with Crippen LogP contribution in [0, 0.1) is 0 Å². The van der Waals surface area contributed by atoms with E-state index in [2.05, 4.69) is 24.3 Å². The molecule has 1 heterocycles. The molecule has 0 unspecified atom stereocenters. The average molecular weight is 336 g/mol. The summed E-state index contributed by atoms with van der Waals surface area (Å²) in [5, 5.41) is 0.844. The van der Waals surface area contributed by atoms with Crippen LogP contribution in [-0.2, 0) is 11.3 Å². The quantitative estimate of drug-likeness (QED) is 0.827. The fraction of sp³-hybridized carbons (Fsp3) is 0.300. The molecule has 4 heteroatoms. The zero-order valence-electron chi connectivity index (χ0n) is 13.5. The van der Waals surface area contributed by atoms with Crippen LogP contribution in [0.3, 0.4) is 0 Å². The number of hydrogen-bond donors (Lipinski definition) is 0. The number of benzene rings is 2. The van der Waals surface area contributed by atoms with Crippen LogP contribution in [0.4, 0.5) is 0 Å². The predicted molar refractivity (Wildman–Crippen MR) is 97.9 cm³/mol. The molecule has 0 atom stereocenters. The van der Waals surface area contributed by atoms with Crippen molar-refractivity contribution in [1.82, 2.24) is 4.90 Å². The Kier molecular flexibility index (Phi) is 4.15. The number of amidine groups is 1. The number of thioether (sulfide) groups is 1. The van der Waals surface area contributed by atoms with Crippen molar-refractivity contribution in [1.29, 1.82) is 0 Å². The molecule has 1 aliphatic carbocycles. The molecule has 3 nitrogen and oxygen atoms in total. The molecular formula is C20H20N2OS. The molecule has 1 aliphatic heterocycles. The Morgan fingerprint density at radius 3 is 2.25 bits per heavy atom. The van der Waals surface area contributed by atoms with Crippen LogP contribution in [0.1, 0.15) is 31.2 Å². The third-order valence-corrected chi connectivity index (χ3v) is 5.75. The standard InChI is InChI=1S/C20H20N2OS/c23-18-20(13-7-8-14-20)21-19(24-17-11-5-2-6-12-17)22(18)15-16-9-3-1-4-10-16/h1-6,9-12H,7-8,13-15H2. The van der Waals surface area contributed by atoms with Gasteiger partial charge in [0.1, 0.15) is 5.54 Å². The Labute approximate surface area is 146 Å². The fourth-order valence-corrected chi connectivity index (χ4v) is 4.47. The minimum Gasteiger partial charge on any atom is -0.285 e. The van der Waals surface area contributed by atoms with Gasteiger partial charge in [0, 0.05) is 4.90 Å². The van der Waals surface area contributed by atoms with Crippen LogP contribution in [0.15, 0.2) is 70.6 Å². The van der Waals surface area contributed by atoms with Crippen molar-refractivity contribution < 1.29 is 4.79 Å². The molecule has 2 aromatic rings. The van der Waals surface area contributed by atoms with E-state index in [9.17, 15) is 4.79 Å². The van der Waals surface area contributed by atoms with Crippen LogP contribution in [-0.4, -0.2) is 21.5 Å². The van der Waals surface area contributed by atoms with Crippen LogP contribution in [0.5, 0.6) is 0 Å². The smallest absolute Gasteiger partial charge is 0.256 e. The molecule has 1 saturated carbocycles. The molecule has 0 bridgehead atoms. The second-order valence-corrected chi connectivity index (χ2v) is 7.47. The van der Waals surface area contributed by atoms with Gasteiger partial charge in [0.15, 0.2) is 5.17 Å². The summed E-state index contributed by atoms with van der Waals surface area (Å²) in [5.74, 6) is 0.183. The Morgan fingerprint density at radius 1 is 0.958 bits per heavy atom. The van der Waals surface area contributed by atoms with Gasteiger partial charge in [-0.3, -0.25) is 9.69 Å². The number of aliphatic imine (C=N–C) groups is 1. The van der Waals surface area contributed by atoms with E-state index in [-0.39, 0.29) is 5.91 Å². The Balaban J connectivity index is 1.64. The lowest BCUT2D eigenvalue weighted by Crippen LogP contribution is -2.40. The van der Waals surface area contributed by atoms with E-state index >= 15 is 0 Å². The molecule has 0 radical (unpaired) electrons. The monoisotopic (exact) mass is 336 g/mol. The highest BCUT2D eigenvalue weighted by Gasteiger charge is 2.49. The third-order valence-electron chi connectivity index (χ3n) is 4.75. The maximum Gasteiger partial charge on any atom is 0.256 e. The van der Waals surface area contributed by atoms with E-state index in [0.29, 0.717) is 6.54 Å². The highest BCUT2D eigenvalue weighted by molar-refractivity contribution is 8.13. The fourth-order valence-electron chi connectivity index (χ4n) is 3.49. The van der Waals surface area contributed by atoms with Gasteiger partial charge in [-0.2, -0.15) is 0 Å². The molecule has 0 saturated heterocycles. The Morgan fingerprint density at radius 2 is 1.58 bits per heavy atom. The lowest BCUT2D eigenvalue weighted by molar-refractivity contribution is -0.131. The molecular weight excluding hydrogens is 316 g/mol. The largest absolute Gasteiger partial charge is 0.285 e. The van der Waals surface area contributed by atoms with Crippen molar-refractivity contribution in [2.24, 2.45) is 4.99 Å². The number of hydrogen-bond acceptors (Lipinski definition) is 3. The lowest BCUT2D eigenvalue weighted by Gasteiger charge is -2.22. The molecule has 4 rings (SSSR count). The zero-order chi connectivity index (χ0) is 16.4. The summed E-state index contributed by atoms with van der Waals surface area (Å²) >= 11 is 1.60. The van der Waals surface area contributed by atoms with Gasteiger partial charge in [0.25, 0.3) is 5.91 Å². The van der Waals surface area contributed by atoms with E-state index in [4.69, 9.17) is 4.99 Å². The number of carbonyl (C=O) groups excluding carboxylic acids is 1. The number of nitrogens with zero attached hydrogens (tertiary/aromatic N) is 2. The van der Waals surface area contributed by atoms with E-state index in [1.54, 1.807) is 11.8 Å². The molecule has 2 aliphatic rings. The van der Waals surface area contributed by atoms with Gasteiger partial charge in [0.05, 0.1) is 6.54 Å². The summed E-state index contributed by atoms with van der Waals surface area (Å²) in [4.78, 5) is 21.1. The van der Waals surface area contributed by atoms with Gasteiger partial charge in [-0.05, 0) is 30.5 Å². The molecule has 1 spiro atoms. The Bertz CT molecular complexity index is 752. The van der Waals surface area contributed by atoms with Crippen LogP contribution in [0.25, 0.3) is 0 Å². The number of amides is 1. The first-order valence-electron chi connectivity index (χ1n) is 8.46. The van der Waals surface area contributed by atoms with Crippen LogP contribution < -0.4 is 0 Å². The second kappa shape index (κ2) is 6.44. The van der Waals surface area contributed by atoms with Gasteiger partial charge in [-0.15, -0.1) is 0 Å². The van der Waals surface area contributed by atoms with Crippen LogP contribution in [0.2, 0.25) is 0 Å². The van der Waals surface area contributed by atoms with Crippen molar-refractivity contribution >= 4 is 22.8 Å². The average Bonchev–Trinajstić information content (AvgIpc) is 3.18. The van der Waals surface area contributed by atoms with Gasteiger partial charge in [0.2, 0.25) is 0 Å². The normalized spacial score (nSPS) is 19.1. The summed E-state index contributed by atoms with van der Waals surface area (Å²) in [7, 11) is 0. The van der Waals surface area contributed by atoms with Crippen molar-refractivity contribution in [2.45, 2.75) is 42.7 Å². The Hall–Kier alpha value is -2.07.